The molecule has 3 rings (SSSR count). The number of carbonyl (C=O) groups is 1. The average Bonchev–Trinajstić information content (AvgIpc) is 2.96. The molecule has 0 amide bonds. The molecule has 5 nitrogen and oxygen atoms in total. The highest BCUT2D eigenvalue weighted by Gasteiger charge is 2.22. The Labute approximate surface area is 98.1 Å². The van der Waals surface area contributed by atoms with Crippen LogP contribution in [0.15, 0.2) is 18.7 Å². The van der Waals surface area contributed by atoms with Crippen molar-refractivity contribution in [1.82, 2.24) is 14.5 Å². The number of ether oxygens (including phenoxy) is 1. The van der Waals surface area contributed by atoms with Crippen molar-refractivity contribution in [1.29, 1.82) is 0 Å². The summed E-state index contributed by atoms with van der Waals surface area (Å²) in [6.07, 6.45) is 6.78. The van der Waals surface area contributed by atoms with Gasteiger partial charge in [-0.25, -0.2) is 4.98 Å². The zero-order valence-corrected chi connectivity index (χ0v) is 9.38. The lowest BCUT2D eigenvalue weighted by atomic mass is 10.1. The third-order valence-electron chi connectivity index (χ3n) is 2.84. The topological polar surface area (TPSA) is 57.0 Å². The Morgan fingerprint density at radius 2 is 2.35 bits per heavy atom. The number of fused-ring (bicyclic) bond motifs is 1. The van der Waals surface area contributed by atoms with Gasteiger partial charge in [0.15, 0.2) is 12.0 Å². The van der Waals surface area contributed by atoms with Crippen molar-refractivity contribution >= 4 is 6.29 Å². The summed E-state index contributed by atoms with van der Waals surface area (Å²) in [6.45, 7) is 2.52. The molecule has 2 aromatic heterocycles. The van der Waals surface area contributed by atoms with E-state index in [1.807, 2.05) is 17.7 Å². The van der Waals surface area contributed by atoms with Gasteiger partial charge in [-0.15, -0.1) is 0 Å². The van der Waals surface area contributed by atoms with E-state index in [2.05, 4.69) is 9.97 Å². The van der Waals surface area contributed by atoms with E-state index >= 15 is 0 Å². The first kappa shape index (κ1) is 10.0. The van der Waals surface area contributed by atoms with Crippen LogP contribution in [0.2, 0.25) is 0 Å². The molecule has 0 saturated heterocycles. The largest absolute Gasteiger partial charge is 0.491 e. The van der Waals surface area contributed by atoms with E-state index < -0.39 is 0 Å². The first-order valence-electron chi connectivity index (χ1n) is 5.40. The van der Waals surface area contributed by atoms with E-state index in [9.17, 15) is 4.79 Å². The number of pyridine rings is 1. The van der Waals surface area contributed by atoms with Crippen LogP contribution in [0.5, 0.6) is 5.75 Å². The van der Waals surface area contributed by atoms with Gasteiger partial charge in [-0.1, -0.05) is 0 Å². The minimum absolute atomic E-state index is 0.470. The molecule has 0 bridgehead atoms. The van der Waals surface area contributed by atoms with Gasteiger partial charge in [0.25, 0.3) is 0 Å². The predicted octanol–water partition coefficient (Wildman–Crippen LogP) is 1.32. The number of aromatic nitrogens is 3. The van der Waals surface area contributed by atoms with E-state index in [0.29, 0.717) is 12.3 Å². The normalized spacial score (nSPS) is 13.2. The standard InChI is InChI=1S/C12H11N3O2/c1-8-5-15(7-14-8)11-4-13-10(6-16)9-2-3-17-12(9)11/h4-7H,2-3H2,1H3. The molecule has 0 atom stereocenters. The Morgan fingerprint density at radius 3 is 3.06 bits per heavy atom. The predicted molar refractivity (Wildman–Crippen MR) is 60.7 cm³/mol. The van der Waals surface area contributed by atoms with Crippen LogP contribution < -0.4 is 4.74 Å². The van der Waals surface area contributed by atoms with E-state index in [0.717, 1.165) is 35.4 Å². The average molecular weight is 229 g/mol. The van der Waals surface area contributed by atoms with Gasteiger partial charge < -0.3 is 9.30 Å². The summed E-state index contributed by atoms with van der Waals surface area (Å²) in [4.78, 5) is 19.2. The monoisotopic (exact) mass is 229 g/mol. The van der Waals surface area contributed by atoms with Crippen molar-refractivity contribution in [3.8, 4) is 11.4 Å². The highest BCUT2D eigenvalue weighted by Crippen LogP contribution is 2.33. The second-order valence-corrected chi connectivity index (χ2v) is 3.97. The van der Waals surface area contributed by atoms with Gasteiger partial charge >= 0.3 is 0 Å². The lowest BCUT2D eigenvalue weighted by Crippen LogP contribution is -1.99. The van der Waals surface area contributed by atoms with Gasteiger partial charge in [0.1, 0.15) is 11.4 Å². The number of hydrogen-bond acceptors (Lipinski definition) is 4. The minimum atomic E-state index is 0.470. The summed E-state index contributed by atoms with van der Waals surface area (Å²) < 4.78 is 7.45. The fourth-order valence-electron chi connectivity index (χ4n) is 2.03. The number of aryl methyl sites for hydroxylation is 1. The highest BCUT2D eigenvalue weighted by molar-refractivity contribution is 5.77. The molecular formula is C12H11N3O2. The number of imidazole rings is 1. The van der Waals surface area contributed by atoms with Crippen molar-refractivity contribution < 1.29 is 9.53 Å². The second kappa shape index (κ2) is 3.69. The molecule has 0 saturated carbocycles. The molecule has 86 valence electrons. The van der Waals surface area contributed by atoms with Crippen LogP contribution >= 0.6 is 0 Å². The third kappa shape index (κ3) is 1.51. The molecular weight excluding hydrogens is 218 g/mol. The van der Waals surface area contributed by atoms with Crippen molar-refractivity contribution in [3.05, 3.63) is 35.7 Å². The Kier molecular flexibility index (Phi) is 2.18. The molecule has 0 spiro atoms. The fourth-order valence-corrected chi connectivity index (χ4v) is 2.03. The van der Waals surface area contributed by atoms with Crippen molar-refractivity contribution in [2.75, 3.05) is 6.61 Å². The molecule has 0 fully saturated rings. The summed E-state index contributed by atoms with van der Waals surface area (Å²) in [7, 11) is 0. The van der Waals surface area contributed by atoms with Crippen LogP contribution in [-0.2, 0) is 6.42 Å². The molecule has 1 aliphatic rings. The molecule has 5 heteroatoms. The molecule has 2 aromatic rings. The van der Waals surface area contributed by atoms with Crippen LogP contribution in [0.1, 0.15) is 21.7 Å². The molecule has 0 aliphatic carbocycles. The summed E-state index contributed by atoms with van der Waals surface area (Å²) >= 11 is 0. The lowest BCUT2D eigenvalue weighted by Gasteiger charge is -2.08. The molecule has 0 aromatic carbocycles. The highest BCUT2D eigenvalue weighted by atomic mass is 16.5. The minimum Gasteiger partial charge on any atom is -0.491 e. The van der Waals surface area contributed by atoms with Crippen molar-refractivity contribution in [2.24, 2.45) is 0 Å². The Balaban J connectivity index is 2.19. The van der Waals surface area contributed by atoms with Gasteiger partial charge in [-0.05, 0) is 6.92 Å². The maximum atomic E-state index is 10.9. The summed E-state index contributed by atoms with van der Waals surface area (Å²) in [5, 5.41) is 0. The Hall–Kier alpha value is -2.17. The van der Waals surface area contributed by atoms with E-state index in [1.54, 1.807) is 12.5 Å². The van der Waals surface area contributed by atoms with Crippen LogP contribution in [0, 0.1) is 6.92 Å². The molecule has 0 N–H and O–H groups in total. The SMILES string of the molecule is Cc1cn(-c2cnc(C=O)c3c2OCC3)cn1. The van der Waals surface area contributed by atoms with Crippen molar-refractivity contribution in [3.63, 3.8) is 0 Å². The van der Waals surface area contributed by atoms with Gasteiger partial charge in [0.05, 0.1) is 24.8 Å². The van der Waals surface area contributed by atoms with Crippen LogP contribution in [0.25, 0.3) is 5.69 Å². The number of nitrogens with zero attached hydrogens (tertiary/aromatic N) is 3. The van der Waals surface area contributed by atoms with Gasteiger partial charge in [0, 0.05) is 18.2 Å². The number of hydrogen-bond donors (Lipinski definition) is 0. The summed E-state index contributed by atoms with van der Waals surface area (Å²) in [5.74, 6) is 0.750. The Bertz CT molecular complexity index is 589. The van der Waals surface area contributed by atoms with Crippen LogP contribution in [-0.4, -0.2) is 27.4 Å². The first-order chi connectivity index (χ1) is 8.29. The van der Waals surface area contributed by atoms with E-state index in [1.165, 1.54) is 0 Å². The molecule has 3 heterocycles. The molecule has 1 aliphatic heterocycles. The zero-order chi connectivity index (χ0) is 11.8. The zero-order valence-electron chi connectivity index (χ0n) is 9.38. The van der Waals surface area contributed by atoms with E-state index in [-0.39, 0.29) is 0 Å². The quantitative estimate of drug-likeness (QED) is 0.729. The third-order valence-corrected chi connectivity index (χ3v) is 2.84. The maximum Gasteiger partial charge on any atom is 0.168 e. The van der Waals surface area contributed by atoms with Crippen LogP contribution in [0.4, 0.5) is 0 Å². The number of aldehydes is 1. The smallest absolute Gasteiger partial charge is 0.168 e. The Morgan fingerprint density at radius 1 is 1.47 bits per heavy atom. The maximum absolute atomic E-state index is 10.9. The lowest BCUT2D eigenvalue weighted by molar-refractivity contribution is 0.111. The number of rotatable bonds is 2. The summed E-state index contributed by atoms with van der Waals surface area (Å²) in [6, 6.07) is 0. The first-order valence-corrected chi connectivity index (χ1v) is 5.40. The van der Waals surface area contributed by atoms with Gasteiger partial charge in [-0.3, -0.25) is 9.78 Å². The van der Waals surface area contributed by atoms with Crippen molar-refractivity contribution in [2.45, 2.75) is 13.3 Å². The molecule has 0 unspecified atom stereocenters. The molecule has 17 heavy (non-hydrogen) atoms. The van der Waals surface area contributed by atoms with Gasteiger partial charge in [-0.2, -0.15) is 0 Å². The van der Waals surface area contributed by atoms with E-state index in [4.69, 9.17) is 4.74 Å². The van der Waals surface area contributed by atoms with Crippen LogP contribution in [0.3, 0.4) is 0 Å². The molecule has 0 radical (unpaired) electrons. The second-order valence-electron chi connectivity index (χ2n) is 3.97. The summed E-state index contributed by atoms with van der Waals surface area (Å²) in [5.41, 5.74) is 3.13. The fraction of sp³-hybridized carbons (Fsp3) is 0.250. The van der Waals surface area contributed by atoms with Gasteiger partial charge in [0.2, 0.25) is 0 Å². The number of carbonyl (C=O) groups excluding carboxylic acids is 1.